The molecule has 0 aliphatic carbocycles. The molecule has 0 aliphatic rings. The number of primary amides is 1. The van der Waals surface area contributed by atoms with Crippen LogP contribution in [0, 0.1) is 0 Å². The molecule has 28 heavy (non-hydrogen) atoms. The molecule has 0 saturated heterocycles. The predicted octanol–water partition coefficient (Wildman–Crippen LogP) is 3.18. The lowest BCUT2D eigenvalue weighted by Gasteiger charge is -2.13. The Labute approximate surface area is 172 Å². The van der Waals surface area contributed by atoms with Crippen LogP contribution in [-0.2, 0) is 10.5 Å². The minimum absolute atomic E-state index is 0.251. The van der Waals surface area contributed by atoms with Crippen molar-refractivity contribution in [3.63, 3.8) is 0 Å². The highest BCUT2D eigenvalue weighted by Gasteiger charge is 2.13. The molecule has 0 aromatic heterocycles. The van der Waals surface area contributed by atoms with Crippen molar-refractivity contribution in [2.75, 3.05) is 13.2 Å². The number of amides is 1. The van der Waals surface area contributed by atoms with Crippen LogP contribution in [0.25, 0.3) is 0 Å². The third kappa shape index (κ3) is 7.13. The molecule has 0 spiro atoms. The third-order valence-electron chi connectivity index (χ3n) is 3.28. The van der Waals surface area contributed by atoms with Crippen LogP contribution in [0.2, 0.25) is 5.02 Å². The molecule has 0 unspecified atom stereocenters. The molecule has 7 nitrogen and oxygen atoms in total. The van der Waals surface area contributed by atoms with E-state index in [1.807, 2.05) is 37.3 Å². The van der Waals surface area contributed by atoms with Crippen LogP contribution < -0.4 is 20.9 Å². The van der Waals surface area contributed by atoms with E-state index in [0.29, 0.717) is 28.8 Å². The molecule has 148 valence electrons. The fraction of sp³-hybridized carbons (Fsp3) is 0.211. The second-order valence-corrected chi connectivity index (χ2v) is 6.88. The summed E-state index contributed by atoms with van der Waals surface area (Å²) in [6, 6.07) is 13.2. The average Bonchev–Trinajstić information content (AvgIpc) is 2.66. The van der Waals surface area contributed by atoms with Crippen molar-refractivity contribution in [3.8, 4) is 11.5 Å². The Kier molecular flexibility index (Phi) is 8.64. The van der Waals surface area contributed by atoms with E-state index in [1.54, 1.807) is 12.1 Å². The van der Waals surface area contributed by atoms with Gasteiger partial charge in [0, 0.05) is 11.3 Å². The molecule has 0 radical (unpaired) electrons. The van der Waals surface area contributed by atoms with Crippen LogP contribution in [0.15, 0.2) is 52.7 Å². The minimum Gasteiger partial charge on any atom is -0.490 e. The summed E-state index contributed by atoms with van der Waals surface area (Å²) in [5, 5.41) is 8.57. The van der Waals surface area contributed by atoms with E-state index in [1.165, 1.54) is 18.0 Å². The molecule has 0 saturated carbocycles. The summed E-state index contributed by atoms with van der Waals surface area (Å²) < 4.78 is 10.8. The van der Waals surface area contributed by atoms with E-state index >= 15 is 0 Å². The van der Waals surface area contributed by atoms with Gasteiger partial charge in [-0.1, -0.05) is 53.7 Å². The molecule has 0 bridgehead atoms. The van der Waals surface area contributed by atoms with Crippen molar-refractivity contribution >= 4 is 40.7 Å². The number of rotatable bonds is 9. The number of thioether (sulfide) groups is 1. The van der Waals surface area contributed by atoms with E-state index in [9.17, 15) is 4.79 Å². The van der Waals surface area contributed by atoms with Gasteiger partial charge in [-0.05, 0) is 24.6 Å². The number of benzene rings is 2. The third-order valence-corrected chi connectivity index (χ3v) is 4.42. The standard InChI is InChI=1S/C19H21ClN4O3S/c1-2-26-16-9-14(8-15(20)18(16)27-11-17(21)25)10-23-24-19(22)28-12-13-6-4-3-5-7-13/h3-10H,2,11-12H2,1H3,(H2,21,25)(H2,22,24). The molecule has 0 fully saturated rings. The highest BCUT2D eigenvalue weighted by molar-refractivity contribution is 8.13. The minimum atomic E-state index is -0.609. The summed E-state index contributed by atoms with van der Waals surface area (Å²) in [5.74, 6) is 0.730. The molecule has 0 atom stereocenters. The Morgan fingerprint density at radius 2 is 1.96 bits per heavy atom. The Hall–Kier alpha value is -2.71. The topological polar surface area (TPSA) is 112 Å². The van der Waals surface area contributed by atoms with Crippen molar-refractivity contribution in [2.24, 2.45) is 21.7 Å². The number of nitrogens with zero attached hydrogens (tertiary/aromatic N) is 2. The number of nitrogens with two attached hydrogens (primary N) is 2. The molecular weight excluding hydrogens is 400 g/mol. The van der Waals surface area contributed by atoms with Crippen molar-refractivity contribution in [1.82, 2.24) is 0 Å². The van der Waals surface area contributed by atoms with Gasteiger partial charge in [0.2, 0.25) is 0 Å². The maximum atomic E-state index is 10.9. The Balaban J connectivity index is 2.06. The normalized spacial score (nSPS) is 11.6. The van der Waals surface area contributed by atoms with Crippen molar-refractivity contribution in [3.05, 3.63) is 58.6 Å². The lowest BCUT2D eigenvalue weighted by Crippen LogP contribution is -2.20. The van der Waals surface area contributed by atoms with Gasteiger partial charge in [0.15, 0.2) is 23.3 Å². The maximum absolute atomic E-state index is 10.9. The van der Waals surface area contributed by atoms with E-state index < -0.39 is 5.91 Å². The van der Waals surface area contributed by atoms with Gasteiger partial charge in [-0.15, -0.1) is 5.10 Å². The van der Waals surface area contributed by atoms with Gasteiger partial charge >= 0.3 is 0 Å². The Morgan fingerprint density at radius 1 is 1.21 bits per heavy atom. The summed E-state index contributed by atoms with van der Waals surface area (Å²) in [6.07, 6.45) is 1.50. The maximum Gasteiger partial charge on any atom is 0.255 e. The van der Waals surface area contributed by atoms with Gasteiger partial charge in [0.1, 0.15) is 0 Å². The molecule has 1 amide bonds. The number of halogens is 1. The largest absolute Gasteiger partial charge is 0.490 e. The molecule has 2 aromatic carbocycles. The predicted molar refractivity (Wildman–Crippen MR) is 114 cm³/mol. The average molecular weight is 421 g/mol. The van der Waals surface area contributed by atoms with Crippen LogP contribution in [0.1, 0.15) is 18.1 Å². The number of carbonyl (C=O) groups is 1. The zero-order valence-corrected chi connectivity index (χ0v) is 16.9. The van der Waals surface area contributed by atoms with E-state index in [0.717, 1.165) is 5.56 Å². The lowest BCUT2D eigenvalue weighted by molar-refractivity contribution is -0.119. The van der Waals surface area contributed by atoms with Gasteiger partial charge < -0.3 is 20.9 Å². The Morgan fingerprint density at radius 3 is 2.64 bits per heavy atom. The Bertz CT molecular complexity index is 860. The first kappa shape index (κ1) is 21.6. The van der Waals surface area contributed by atoms with Crippen LogP contribution in [0.4, 0.5) is 0 Å². The zero-order chi connectivity index (χ0) is 20.4. The highest BCUT2D eigenvalue weighted by Crippen LogP contribution is 2.36. The van der Waals surface area contributed by atoms with Crippen LogP contribution >= 0.6 is 23.4 Å². The molecular formula is C19H21ClN4O3S. The molecule has 4 N–H and O–H groups in total. The fourth-order valence-corrected chi connectivity index (χ4v) is 3.01. The number of hydrogen-bond acceptors (Lipinski definition) is 6. The van der Waals surface area contributed by atoms with E-state index in [-0.39, 0.29) is 17.4 Å². The van der Waals surface area contributed by atoms with Gasteiger partial charge in [-0.25, -0.2) is 0 Å². The summed E-state index contributed by atoms with van der Waals surface area (Å²) in [4.78, 5) is 10.9. The van der Waals surface area contributed by atoms with Crippen molar-refractivity contribution in [2.45, 2.75) is 12.7 Å². The van der Waals surface area contributed by atoms with Gasteiger partial charge in [0.25, 0.3) is 5.91 Å². The molecule has 0 aliphatic heterocycles. The van der Waals surface area contributed by atoms with Gasteiger partial charge in [0.05, 0.1) is 17.8 Å². The number of amidine groups is 1. The number of ether oxygens (including phenoxy) is 2. The molecule has 2 aromatic rings. The van der Waals surface area contributed by atoms with Gasteiger partial charge in [-0.2, -0.15) is 5.10 Å². The van der Waals surface area contributed by atoms with Crippen LogP contribution in [0.3, 0.4) is 0 Å². The number of hydrogen-bond donors (Lipinski definition) is 2. The summed E-state index contributed by atoms with van der Waals surface area (Å²) in [6.45, 7) is 1.92. The highest BCUT2D eigenvalue weighted by atomic mass is 35.5. The first-order valence-electron chi connectivity index (χ1n) is 8.40. The fourth-order valence-electron chi connectivity index (χ4n) is 2.12. The molecule has 2 rings (SSSR count). The summed E-state index contributed by atoms with van der Waals surface area (Å²) >= 11 is 7.62. The summed E-state index contributed by atoms with van der Waals surface area (Å²) in [7, 11) is 0. The molecule has 0 heterocycles. The second-order valence-electron chi connectivity index (χ2n) is 5.48. The van der Waals surface area contributed by atoms with Crippen molar-refractivity contribution < 1.29 is 14.3 Å². The number of carbonyl (C=O) groups excluding carboxylic acids is 1. The van der Waals surface area contributed by atoms with Crippen molar-refractivity contribution in [1.29, 1.82) is 0 Å². The quantitative estimate of drug-likeness (QED) is 0.367. The van der Waals surface area contributed by atoms with Crippen LogP contribution in [-0.4, -0.2) is 30.5 Å². The van der Waals surface area contributed by atoms with Crippen LogP contribution in [0.5, 0.6) is 11.5 Å². The first-order chi connectivity index (χ1) is 13.5. The van der Waals surface area contributed by atoms with E-state index in [4.69, 9.17) is 32.5 Å². The smallest absolute Gasteiger partial charge is 0.255 e. The second kappa shape index (κ2) is 11.2. The SMILES string of the molecule is CCOc1cc(C=NN=C(N)SCc2ccccc2)cc(Cl)c1OCC(N)=O. The van der Waals surface area contributed by atoms with Gasteiger partial charge in [-0.3, -0.25) is 4.79 Å². The summed E-state index contributed by atoms with van der Waals surface area (Å²) in [5.41, 5.74) is 12.8. The lowest BCUT2D eigenvalue weighted by atomic mass is 10.2. The van der Waals surface area contributed by atoms with E-state index in [2.05, 4.69) is 10.2 Å². The first-order valence-corrected chi connectivity index (χ1v) is 9.76. The molecule has 9 heteroatoms. The monoisotopic (exact) mass is 420 g/mol. The zero-order valence-electron chi connectivity index (χ0n) is 15.3.